The summed E-state index contributed by atoms with van der Waals surface area (Å²) in [6.07, 6.45) is 5.18. The molecule has 38 nitrogen and oxygen atoms in total. The first-order chi connectivity index (χ1) is 50.2. The first-order valence-electron chi connectivity index (χ1n) is 34.1. The Morgan fingerprint density at radius 1 is 0.632 bits per heavy atom. The van der Waals surface area contributed by atoms with Gasteiger partial charge in [0.05, 0.1) is 44.0 Å². The van der Waals surface area contributed by atoms with Crippen LogP contribution >= 0.6 is 11.8 Å². The van der Waals surface area contributed by atoms with E-state index in [1.807, 2.05) is 20.1 Å². The molecule has 1 fully saturated rings. The summed E-state index contributed by atoms with van der Waals surface area (Å²) in [7, 11) is 0. The number of nitrogens with two attached hydrogens (primary N) is 2. The van der Waals surface area contributed by atoms with Gasteiger partial charge < -0.3 is 79.3 Å². The van der Waals surface area contributed by atoms with Crippen LogP contribution in [-0.4, -0.2) is 277 Å². The fourth-order valence-electron chi connectivity index (χ4n) is 11.2. The fourth-order valence-corrected chi connectivity index (χ4v) is 11.7. The number of imidazole rings is 1. The van der Waals surface area contributed by atoms with E-state index in [1.54, 1.807) is 50.1 Å². The number of carbonyl (C=O) groups is 14. The van der Waals surface area contributed by atoms with Crippen LogP contribution in [0.1, 0.15) is 87.5 Å². The average Bonchev–Trinajstić information content (AvgIpc) is 1.57. The number of hydrogen-bond donors (Lipinski definition) is 15. The van der Waals surface area contributed by atoms with Crippen LogP contribution in [0.2, 0.25) is 0 Å². The number of fused-ring (bicyclic) bond motifs is 1. The Balaban J connectivity index is 1.30. The SMILES string of the molecule is CSCC[C@H](NC(=O)[C@H](CC(C)C)NC(=O)[C@H](Cc1cnc[nH]1)NC(=O)CNC(=O)C(=NC(=O)[C@H](C)NC(=O)[C@H](Cc1c[nH]c2ccccc12)NC(=O)[C@H](CCC(N)=O)NC(=O)c1ccc(CNC(=O)CN2CCN(CC(=O)O)CCN(CC(=O)O)CCN(CC(=O)O)CC2)c([N+](=O)[O-])c1)C(C)C)C(N)=O. The van der Waals surface area contributed by atoms with E-state index < -0.39 is 175 Å². The molecule has 0 radical (unpaired) electrons. The highest BCUT2D eigenvalue weighted by Gasteiger charge is 2.34. The molecule has 2 aromatic heterocycles. The number of nitro groups is 1. The first-order valence-corrected chi connectivity index (χ1v) is 35.5. The molecule has 1 saturated heterocycles. The lowest BCUT2D eigenvalue weighted by molar-refractivity contribution is -0.385. The second-order valence-corrected chi connectivity index (χ2v) is 27.0. The van der Waals surface area contributed by atoms with Crippen molar-refractivity contribution in [3.05, 3.63) is 93.7 Å². The number of hydrogen-bond acceptors (Lipinski definition) is 22. The van der Waals surface area contributed by atoms with Crippen molar-refractivity contribution >= 4 is 117 Å². The lowest BCUT2D eigenvalue weighted by Crippen LogP contribution is -2.57. The number of H-pyrrole nitrogens is 2. The molecule has 0 aliphatic carbocycles. The van der Waals surface area contributed by atoms with Crippen molar-refractivity contribution in [3.63, 3.8) is 0 Å². The maximum absolute atomic E-state index is 14.5. The van der Waals surface area contributed by atoms with E-state index in [4.69, 9.17) is 11.5 Å². The van der Waals surface area contributed by atoms with Gasteiger partial charge >= 0.3 is 17.9 Å². The van der Waals surface area contributed by atoms with Crippen molar-refractivity contribution in [3.8, 4) is 0 Å². The molecule has 0 saturated carbocycles. The Morgan fingerprint density at radius 2 is 1.18 bits per heavy atom. The second kappa shape index (κ2) is 42.9. The van der Waals surface area contributed by atoms with E-state index in [9.17, 15) is 92.6 Å². The molecular weight excluding hydrogens is 1410 g/mol. The van der Waals surface area contributed by atoms with Gasteiger partial charge in [0, 0.05) is 130 Å². The van der Waals surface area contributed by atoms with Gasteiger partial charge in [0.2, 0.25) is 47.3 Å². The number of nitro benzene ring substituents is 1. The van der Waals surface area contributed by atoms with Crippen molar-refractivity contribution in [2.45, 2.75) is 116 Å². The van der Waals surface area contributed by atoms with Crippen LogP contribution in [0.25, 0.3) is 10.9 Å². The van der Waals surface area contributed by atoms with Gasteiger partial charge in [-0.25, -0.2) is 9.98 Å². The summed E-state index contributed by atoms with van der Waals surface area (Å²) in [6.45, 7) is 6.22. The molecule has 4 aromatic rings. The summed E-state index contributed by atoms with van der Waals surface area (Å²) < 4.78 is 0. The van der Waals surface area contributed by atoms with Gasteiger partial charge in [-0.1, -0.05) is 45.9 Å². The molecule has 0 unspecified atom stereocenters. The van der Waals surface area contributed by atoms with E-state index in [2.05, 4.69) is 62.5 Å². The number of carboxylic acid groups (broad SMARTS) is 3. The van der Waals surface area contributed by atoms with Crippen LogP contribution in [-0.2, 0) is 81.7 Å². The summed E-state index contributed by atoms with van der Waals surface area (Å²) in [4.78, 5) is 217. The highest BCUT2D eigenvalue weighted by Crippen LogP contribution is 2.23. The van der Waals surface area contributed by atoms with Gasteiger partial charge in [0.1, 0.15) is 42.0 Å². The molecule has 6 atom stereocenters. The Hall–Kier alpha value is -10.8. The lowest BCUT2D eigenvalue weighted by Gasteiger charge is -2.32. The summed E-state index contributed by atoms with van der Waals surface area (Å²) in [5, 5.41) is 62.3. The zero-order chi connectivity index (χ0) is 78.3. The number of nitrogens with zero attached hydrogens (tertiary/aromatic N) is 7. The zero-order valence-corrected chi connectivity index (χ0v) is 60.6. The van der Waals surface area contributed by atoms with Crippen LogP contribution in [0.4, 0.5) is 5.69 Å². The number of aliphatic carboxylic acids is 3. The molecule has 5 rings (SSSR count). The monoisotopic (exact) mass is 1500 g/mol. The van der Waals surface area contributed by atoms with Crippen molar-refractivity contribution in [2.75, 3.05) is 97.1 Å². The molecule has 3 heterocycles. The van der Waals surface area contributed by atoms with Crippen molar-refractivity contribution in [2.24, 2.45) is 28.3 Å². The number of aliphatic imine (C=N–C) groups is 1. The minimum absolute atomic E-state index is 0.0694. The molecule has 0 spiro atoms. The largest absolute Gasteiger partial charge is 0.480 e. The molecule has 11 amide bonds. The number of thioether (sulfide) groups is 1. The Labute approximate surface area is 614 Å². The van der Waals surface area contributed by atoms with Crippen LogP contribution < -0.4 is 54.0 Å². The lowest BCUT2D eigenvalue weighted by atomic mass is 10.0. The van der Waals surface area contributed by atoms with Gasteiger partial charge in [-0.3, -0.25) is 96.8 Å². The first kappa shape index (κ1) is 85.9. The maximum Gasteiger partial charge on any atom is 0.317 e. The van der Waals surface area contributed by atoms with Crippen molar-refractivity contribution in [1.29, 1.82) is 0 Å². The van der Waals surface area contributed by atoms with Crippen LogP contribution in [0.15, 0.2) is 66.2 Å². The van der Waals surface area contributed by atoms with Crippen molar-refractivity contribution in [1.82, 2.24) is 77.1 Å². The standard InChI is InChI=1S/C67H95N19O19S/c1-38(2)25-49(65(101)77-47(60(69)96)15-24-106-6)79-66(102)51(28-44-31-70-37-74-44)76-54(88)32-73-67(103)59(39(3)4)81-61(97)40(5)75-64(100)50(26-43-30-71-46-10-8-7-9-45(43)46)80-63(99)48(13-14-53(68)87)78-62(98)41-11-12-42(52(27-41)86(104)105)29-72-55(89)33-82-16-18-83(34-56(90)91)20-22-85(36-58(94)95)23-21-84(19-17-82)35-57(92)93/h7-12,27,30-31,37-40,47-51,71H,13-26,28-29,32-36H2,1-6H3,(H2,68,87)(H2,69,96)(H,70,74)(H,72,89)(H,73,103)(H,75,100)(H,76,88)(H,77,101)(H,78,98)(H,79,102)(H,80,99)(H,90,91)(H,92,93)(H,94,95)/t40-,47-,48-,49-,50-,51-/m0/s1. The molecule has 106 heavy (non-hydrogen) atoms. The summed E-state index contributed by atoms with van der Waals surface area (Å²) >= 11 is 1.44. The summed E-state index contributed by atoms with van der Waals surface area (Å²) in [5.74, 6) is -13.6. The Bertz CT molecular complexity index is 3780. The predicted octanol–water partition coefficient (Wildman–Crippen LogP) is -2.79. The summed E-state index contributed by atoms with van der Waals surface area (Å²) in [6, 6.07) is 1.96. The minimum Gasteiger partial charge on any atom is -0.480 e. The normalized spacial score (nSPS) is 15.4. The average molecular weight is 1500 g/mol. The van der Waals surface area contributed by atoms with E-state index >= 15 is 0 Å². The zero-order valence-electron chi connectivity index (χ0n) is 59.8. The van der Waals surface area contributed by atoms with Crippen LogP contribution in [0, 0.1) is 22.0 Å². The molecule has 1 aliphatic rings. The number of amides is 11. The Kier molecular flexibility index (Phi) is 34.7. The number of primary amides is 2. The van der Waals surface area contributed by atoms with Crippen LogP contribution in [0.5, 0.6) is 0 Å². The number of nitrogens with one attached hydrogen (secondary N) is 10. The van der Waals surface area contributed by atoms with Gasteiger partial charge in [0.15, 0.2) is 0 Å². The minimum atomic E-state index is -1.66. The van der Waals surface area contributed by atoms with Crippen molar-refractivity contribution < 1.29 is 87.4 Å². The van der Waals surface area contributed by atoms with Gasteiger partial charge in [-0.15, -0.1) is 0 Å². The van der Waals surface area contributed by atoms with Crippen LogP contribution in [0.3, 0.4) is 0 Å². The number of carbonyl (C=O) groups excluding carboxylic acids is 11. The number of benzene rings is 2. The third-order valence-electron chi connectivity index (χ3n) is 16.8. The summed E-state index contributed by atoms with van der Waals surface area (Å²) in [5.41, 5.74) is 11.2. The smallest absolute Gasteiger partial charge is 0.317 e. The molecule has 17 N–H and O–H groups in total. The molecule has 0 bridgehead atoms. The fraction of sp³-hybridized carbons (Fsp3) is 0.522. The molecule has 578 valence electrons. The van der Waals surface area contributed by atoms with Gasteiger partial charge in [0.25, 0.3) is 23.4 Å². The third kappa shape index (κ3) is 29.4. The van der Waals surface area contributed by atoms with E-state index in [0.29, 0.717) is 27.9 Å². The number of aromatic amines is 2. The number of para-hydroxylation sites is 1. The molecule has 39 heteroatoms. The highest BCUT2D eigenvalue weighted by atomic mass is 32.2. The molecular formula is C67H95N19O19S. The van der Waals surface area contributed by atoms with E-state index in [-0.39, 0.29) is 114 Å². The Morgan fingerprint density at radius 3 is 1.72 bits per heavy atom. The number of rotatable bonds is 40. The molecule has 2 aromatic carbocycles. The third-order valence-corrected chi connectivity index (χ3v) is 17.5. The quantitative estimate of drug-likeness (QED) is 0.0122. The molecule has 1 aliphatic heterocycles. The second-order valence-electron chi connectivity index (χ2n) is 26.1. The number of aromatic nitrogens is 3. The maximum atomic E-state index is 14.5. The topological polar surface area (TPSA) is 561 Å². The van der Waals surface area contributed by atoms with E-state index in [0.717, 1.165) is 6.07 Å². The highest BCUT2D eigenvalue weighted by molar-refractivity contribution is 7.98. The van der Waals surface area contributed by atoms with E-state index in [1.165, 1.54) is 57.2 Å². The van der Waals surface area contributed by atoms with Gasteiger partial charge in [-0.2, -0.15) is 11.8 Å². The number of carboxylic acids is 3. The predicted molar refractivity (Wildman–Crippen MR) is 385 cm³/mol. The van der Waals surface area contributed by atoms with Gasteiger partial charge in [-0.05, 0) is 67.9 Å².